The van der Waals surface area contributed by atoms with Gasteiger partial charge in [0.2, 0.25) is 0 Å². The van der Waals surface area contributed by atoms with Crippen molar-refractivity contribution >= 4 is 0 Å². The van der Waals surface area contributed by atoms with Crippen LogP contribution in [0.25, 0.3) is 0 Å². The van der Waals surface area contributed by atoms with Gasteiger partial charge in [0.05, 0.1) is 6.61 Å². The highest BCUT2D eigenvalue weighted by Gasteiger charge is 2.62. The molecule has 0 spiro atoms. The first-order valence-corrected chi connectivity index (χ1v) is 6.45. The Morgan fingerprint density at radius 1 is 1.18 bits per heavy atom. The Morgan fingerprint density at radius 3 is 2.12 bits per heavy atom. The summed E-state index contributed by atoms with van der Waals surface area (Å²) in [6.07, 6.45) is 1.09. The largest absolute Gasteiger partial charge is 0.395 e. The predicted octanol–water partition coefficient (Wildman–Crippen LogP) is 3.64. The molecule has 1 aliphatic rings. The number of hydrogen-bond acceptors (Lipinski definition) is 1. The van der Waals surface area contributed by atoms with Crippen LogP contribution in [0.15, 0.2) is 24.3 Å². The van der Waals surface area contributed by atoms with Gasteiger partial charge in [-0.15, -0.1) is 0 Å². The summed E-state index contributed by atoms with van der Waals surface area (Å²) in [4.78, 5) is 0. The molecule has 0 aliphatic heterocycles. The monoisotopic (exact) mass is 232 g/mol. The molecule has 1 saturated carbocycles. The molecule has 17 heavy (non-hydrogen) atoms. The Hall–Kier alpha value is -0.820. The molecule has 1 unspecified atom stereocenters. The Morgan fingerprint density at radius 2 is 1.71 bits per heavy atom. The second-order valence-electron chi connectivity index (χ2n) is 7.10. The smallest absolute Gasteiger partial charge is 0.0533 e. The van der Waals surface area contributed by atoms with Crippen molar-refractivity contribution in [3.63, 3.8) is 0 Å². The van der Waals surface area contributed by atoms with Crippen molar-refractivity contribution < 1.29 is 5.11 Å². The second-order valence-corrected chi connectivity index (χ2v) is 7.10. The van der Waals surface area contributed by atoms with Crippen molar-refractivity contribution in [3.05, 3.63) is 35.4 Å². The van der Waals surface area contributed by atoms with Crippen molar-refractivity contribution in [2.45, 2.75) is 51.9 Å². The van der Waals surface area contributed by atoms with Gasteiger partial charge in [-0.3, -0.25) is 0 Å². The van der Waals surface area contributed by atoms with Crippen LogP contribution >= 0.6 is 0 Å². The van der Waals surface area contributed by atoms with Gasteiger partial charge in [0.1, 0.15) is 0 Å². The SMILES string of the molecule is CC(C)(C)c1ccccc1C1(CO)CC1(C)C. The Kier molecular flexibility index (Phi) is 2.66. The van der Waals surface area contributed by atoms with Crippen LogP contribution in [0.4, 0.5) is 0 Å². The van der Waals surface area contributed by atoms with E-state index in [4.69, 9.17) is 0 Å². The first kappa shape index (κ1) is 12.6. The highest BCUT2D eigenvalue weighted by Crippen LogP contribution is 2.65. The van der Waals surface area contributed by atoms with Gasteiger partial charge in [0, 0.05) is 5.41 Å². The zero-order valence-corrected chi connectivity index (χ0v) is 11.7. The van der Waals surface area contributed by atoms with Crippen molar-refractivity contribution in [1.29, 1.82) is 0 Å². The molecule has 0 heterocycles. The van der Waals surface area contributed by atoms with Crippen LogP contribution in [0.2, 0.25) is 0 Å². The van der Waals surface area contributed by atoms with E-state index in [0.29, 0.717) is 0 Å². The van der Waals surface area contributed by atoms with Crippen LogP contribution in [0.3, 0.4) is 0 Å². The maximum Gasteiger partial charge on any atom is 0.0533 e. The normalized spacial score (nSPS) is 26.9. The quantitative estimate of drug-likeness (QED) is 0.825. The van der Waals surface area contributed by atoms with Crippen LogP contribution in [-0.4, -0.2) is 11.7 Å². The minimum atomic E-state index is -0.0170. The maximum atomic E-state index is 9.84. The summed E-state index contributed by atoms with van der Waals surface area (Å²) in [7, 11) is 0. The molecular formula is C16H24O. The van der Waals surface area contributed by atoms with E-state index in [1.54, 1.807) is 0 Å². The Bertz CT molecular complexity index is 425. The number of hydrogen-bond donors (Lipinski definition) is 1. The number of rotatable bonds is 2. The zero-order chi connectivity index (χ0) is 12.9. The lowest BCUT2D eigenvalue weighted by atomic mass is 9.77. The maximum absolute atomic E-state index is 9.84. The molecule has 0 bridgehead atoms. The molecule has 1 fully saturated rings. The van der Waals surface area contributed by atoms with Crippen molar-refractivity contribution in [1.82, 2.24) is 0 Å². The molecular weight excluding hydrogens is 208 g/mol. The molecule has 1 nitrogen and oxygen atoms in total. The van der Waals surface area contributed by atoms with E-state index in [9.17, 15) is 5.11 Å². The van der Waals surface area contributed by atoms with Crippen LogP contribution in [0.1, 0.15) is 52.2 Å². The molecule has 0 amide bonds. The first-order valence-electron chi connectivity index (χ1n) is 6.45. The summed E-state index contributed by atoms with van der Waals surface area (Å²) in [5.74, 6) is 0. The highest BCUT2D eigenvalue weighted by atomic mass is 16.3. The minimum Gasteiger partial charge on any atom is -0.395 e. The Labute approximate surface area is 105 Å². The number of benzene rings is 1. The topological polar surface area (TPSA) is 20.2 Å². The predicted molar refractivity (Wildman–Crippen MR) is 72.3 cm³/mol. The van der Waals surface area contributed by atoms with E-state index in [1.807, 2.05) is 0 Å². The standard InChI is InChI=1S/C16H24O/c1-14(2,3)12-8-6-7-9-13(12)16(11-17)10-15(16,4)5/h6-9,17H,10-11H2,1-5H3. The van der Waals surface area contributed by atoms with Gasteiger partial charge >= 0.3 is 0 Å². The molecule has 1 atom stereocenters. The van der Waals surface area contributed by atoms with Crippen LogP contribution in [0.5, 0.6) is 0 Å². The van der Waals surface area contributed by atoms with Crippen LogP contribution < -0.4 is 0 Å². The minimum absolute atomic E-state index is 0.0170. The lowest BCUT2D eigenvalue weighted by molar-refractivity contribution is 0.230. The molecule has 2 rings (SSSR count). The van der Waals surface area contributed by atoms with Gasteiger partial charge in [-0.25, -0.2) is 0 Å². The van der Waals surface area contributed by atoms with Gasteiger partial charge in [-0.05, 0) is 28.4 Å². The summed E-state index contributed by atoms with van der Waals surface area (Å²) >= 11 is 0. The first-order chi connectivity index (χ1) is 7.74. The van der Waals surface area contributed by atoms with Crippen molar-refractivity contribution in [2.75, 3.05) is 6.61 Å². The van der Waals surface area contributed by atoms with Gasteiger partial charge in [0.25, 0.3) is 0 Å². The van der Waals surface area contributed by atoms with E-state index in [-0.39, 0.29) is 22.9 Å². The zero-order valence-electron chi connectivity index (χ0n) is 11.7. The molecule has 0 saturated heterocycles. The summed E-state index contributed by atoms with van der Waals surface area (Å²) in [5.41, 5.74) is 3.07. The molecule has 1 heteroatoms. The molecule has 1 aliphatic carbocycles. The summed E-state index contributed by atoms with van der Waals surface area (Å²) in [5, 5.41) is 9.84. The van der Waals surface area contributed by atoms with E-state index in [2.05, 4.69) is 58.9 Å². The third-order valence-electron chi connectivity index (χ3n) is 4.43. The molecule has 0 radical (unpaired) electrons. The summed E-state index contributed by atoms with van der Waals surface area (Å²) < 4.78 is 0. The molecule has 94 valence electrons. The third-order valence-corrected chi connectivity index (χ3v) is 4.43. The lowest BCUT2D eigenvalue weighted by Crippen LogP contribution is -2.25. The number of aliphatic hydroxyl groups excluding tert-OH is 1. The molecule has 1 aromatic rings. The van der Waals surface area contributed by atoms with Crippen LogP contribution in [-0.2, 0) is 10.8 Å². The van der Waals surface area contributed by atoms with E-state index in [1.165, 1.54) is 11.1 Å². The van der Waals surface area contributed by atoms with Crippen molar-refractivity contribution in [3.8, 4) is 0 Å². The van der Waals surface area contributed by atoms with Gasteiger partial charge in [-0.1, -0.05) is 58.9 Å². The van der Waals surface area contributed by atoms with Gasteiger partial charge < -0.3 is 5.11 Å². The fraction of sp³-hybridized carbons (Fsp3) is 0.625. The van der Waals surface area contributed by atoms with E-state index in [0.717, 1.165) is 6.42 Å². The highest BCUT2D eigenvalue weighted by molar-refractivity contribution is 5.45. The molecule has 1 aromatic carbocycles. The summed E-state index contributed by atoms with van der Waals surface area (Å²) in [6, 6.07) is 8.60. The fourth-order valence-electron chi connectivity index (χ4n) is 3.08. The van der Waals surface area contributed by atoms with E-state index >= 15 is 0 Å². The molecule has 1 N–H and O–H groups in total. The molecule has 0 aromatic heterocycles. The van der Waals surface area contributed by atoms with Crippen LogP contribution in [0, 0.1) is 5.41 Å². The van der Waals surface area contributed by atoms with E-state index < -0.39 is 0 Å². The average Bonchev–Trinajstić information content (AvgIpc) is 2.81. The third kappa shape index (κ3) is 1.81. The number of aliphatic hydroxyl groups is 1. The fourth-order valence-corrected chi connectivity index (χ4v) is 3.08. The Balaban J connectivity index is 2.54. The van der Waals surface area contributed by atoms with Crippen molar-refractivity contribution in [2.24, 2.45) is 5.41 Å². The second kappa shape index (κ2) is 3.58. The lowest BCUT2D eigenvalue weighted by Gasteiger charge is -2.28. The van der Waals surface area contributed by atoms with Gasteiger partial charge in [-0.2, -0.15) is 0 Å². The average molecular weight is 232 g/mol. The summed E-state index contributed by atoms with van der Waals surface area (Å²) in [6.45, 7) is 11.5. The van der Waals surface area contributed by atoms with Gasteiger partial charge in [0.15, 0.2) is 0 Å².